The second-order valence-corrected chi connectivity index (χ2v) is 6.79. The smallest absolute Gasteiger partial charge is 0.253 e. The van der Waals surface area contributed by atoms with Crippen molar-refractivity contribution in [1.29, 1.82) is 0 Å². The van der Waals surface area contributed by atoms with Gasteiger partial charge in [-0.2, -0.15) is 5.10 Å². The summed E-state index contributed by atoms with van der Waals surface area (Å²) in [7, 11) is 0. The number of hydrogen-bond donors (Lipinski definition) is 0. The Hall–Kier alpha value is -2.18. The number of benzene rings is 1. The van der Waals surface area contributed by atoms with Gasteiger partial charge >= 0.3 is 0 Å². The van der Waals surface area contributed by atoms with Gasteiger partial charge in [-0.3, -0.25) is 4.79 Å². The zero-order valence-electron chi connectivity index (χ0n) is 14.7. The van der Waals surface area contributed by atoms with Gasteiger partial charge in [0.2, 0.25) is 0 Å². The molecule has 6 nitrogen and oxygen atoms in total. The molecule has 1 amide bonds. The highest BCUT2D eigenvalue weighted by Crippen LogP contribution is 2.31. The van der Waals surface area contributed by atoms with Gasteiger partial charge in [0, 0.05) is 37.2 Å². The fraction of sp³-hybridized carbons (Fsp3) is 0.474. The summed E-state index contributed by atoms with van der Waals surface area (Å²) in [5, 5.41) is 4.48. The third-order valence-electron chi connectivity index (χ3n) is 4.99. The van der Waals surface area contributed by atoms with E-state index in [4.69, 9.17) is 9.47 Å². The van der Waals surface area contributed by atoms with Crippen LogP contribution in [0.1, 0.15) is 34.6 Å². The fourth-order valence-electron chi connectivity index (χ4n) is 3.65. The molecule has 0 bridgehead atoms. The second-order valence-electron chi connectivity index (χ2n) is 6.79. The molecule has 0 atom stereocenters. The Balaban J connectivity index is 1.45. The van der Waals surface area contributed by atoms with Crippen molar-refractivity contribution in [3.63, 3.8) is 0 Å². The van der Waals surface area contributed by atoms with Crippen LogP contribution in [0.2, 0.25) is 0 Å². The van der Waals surface area contributed by atoms with Gasteiger partial charge in [-0.1, -0.05) is 0 Å². The number of hydrogen-bond acceptors (Lipinski definition) is 4. The third kappa shape index (κ3) is 3.07. The number of aromatic nitrogens is 2. The van der Waals surface area contributed by atoms with Crippen LogP contribution in [0.5, 0.6) is 0 Å². The Morgan fingerprint density at radius 2 is 1.72 bits per heavy atom. The molecule has 1 aromatic heterocycles. The van der Waals surface area contributed by atoms with Crippen molar-refractivity contribution in [2.24, 2.45) is 0 Å². The Morgan fingerprint density at radius 1 is 1.08 bits per heavy atom. The van der Waals surface area contributed by atoms with Gasteiger partial charge in [0.1, 0.15) is 0 Å². The highest BCUT2D eigenvalue weighted by molar-refractivity contribution is 5.94. The number of piperidine rings is 1. The standard InChI is InChI=1S/C19H23N3O3/c1-14-13-15(2)22(20-14)17-5-3-16(4-6-17)18(23)21-9-7-19(8-10-21)24-11-12-25-19/h3-6,13H,7-12H2,1-2H3. The average Bonchev–Trinajstić information content (AvgIpc) is 3.21. The predicted octanol–water partition coefficient (Wildman–Crippen LogP) is 2.47. The number of nitrogens with zero attached hydrogens (tertiary/aromatic N) is 3. The summed E-state index contributed by atoms with van der Waals surface area (Å²) >= 11 is 0. The molecule has 1 spiro atoms. The quantitative estimate of drug-likeness (QED) is 0.842. The van der Waals surface area contributed by atoms with E-state index in [1.807, 2.05) is 53.8 Å². The molecule has 2 saturated heterocycles. The number of ether oxygens (including phenoxy) is 2. The number of aryl methyl sites for hydroxylation is 2. The normalized spacial score (nSPS) is 19.5. The summed E-state index contributed by atoms with van der Waals surface area (Å²) in [6.45, 7) is 6.64. The van der Waals surface area contributed by atoms with E-state index < -0.39 is 5.79 Å². The zero-order chi connectivity index (χ0) is 17.4. The Kier molecular flexibility index (Phi) is 4.09. The molecule has 0 radical (unpaired) electrons. The first-order valence-electron chi connectivity index (χ1n) is 8.77. The SMILES string of the molecule is Cc1cc(C)n(-c2ccc(C(=O)N3CCC4(CC3)OCCO4)cc2)n1. The third-order valence-corrected chi connectivity index (χ3v) is 4.99. The van der Waals surface area contributed by atoms with Gasteiger partial charge in [0.15, 0.2) is 5.79 Å². The molecular formula is C19H23N3O3. The number of rotatable bonds is 2. The number of likely N-dealkylation sites (tertiary alicyclic amines) is 1. The zero-order valence-corrected chi connectivity index (χ0v) is 14.7. The molecule has 132 valence electrons. The molecule has 25 heavy (non-hydrogen) atoms. The van der Waals surface area contributed by atoms with Gasteiger partial charge in [-0.05, 0) is 44.2 Å². The average molecular weight is 341 g/mol. The molecule has 0 aliphatic carbocycles. The molecule has 3 heterocycles. The molecule has 2 aliphatic heterocycles. The number of amides is 1. The number of carbonyl (C=O) groups excluding carboxylic acids is 1. The van der Waals surface area contributed by atoms with Gasteiger partial charge in [0.05, 0.1) is 24.6 Å². The van der Waals surface area contributed by atoms with Crippen molar-refractivity contribution in [2.45, 2.75) is 32.5 Å². The first kappa shape index (κ1) is 16.3. The van der Waals surface area contributed by atoms with Crippen LogP contribution < -0.4 is 0 Å². The van der Waals surface area contributed by atoms with Crippen LogP contribution >= 0.6 is 0 Å². The molecule has 0 saturated carbocycles. The summed E-state index contributed by atoms with van der Waals surface area (Å²) in [4.78, 5) is 14.6. The molecule has 2 fully saturated rings. The molecule has 6 heteroatoms. The Morgan fingerprint density at radius 3 is 2.28 bits per heavy atom. The van der Waals surface area contributed by atoms with Gasteiger partial charge in [-0.15, -0.1) is 0 Å². The van der Waals surface area contributed by atoms with E-state index in [9.17, 15) is 4.79 Å². The highest BCUT2D eigenvalue weighted by Gasteiger charge is 2.40. The molecule has 1 aromatic carbocycles. The Bertz CT molecular complexity index is 766. The minimum Gasteiger partial charge on any atom is -0.347 e. The second kappa shape index (κ2) is 6.28. The minimum absolute atomic E-state index is 0.0627. The van der Waals surface area contributed by atoms with E-state index >= 15 is 0 Å². The molecular weight excluding hydrogens is 318 g/mol. The molecule has 2 aromatic rings. The van der Waals surface area contributed by atoms with E-state index in [2.05, 4.69) is 5.10 Å². The maximum atomic E-state index is 12.7. The largest absolute Gasteiger partial charge is 0.347 e. The van der Waals surface area contributed by atoms with E-state index in [0.29, 0.717) is 31.9 Å². The predicted molar refractivity (Wildman–Crippen MR) is 92.8 cm³/mol. The van der Waals surface area contributed by atoms with Gasteiger partial charge in [0.25, 0.3) is 5.91 Å². The summed E-state index contributed by atoms with van der Waals surface area (Å²) < 4.78 is 13.3. The van der Waals surface area contributed by atoms with Crippen molar-refractivity contribution in [2.75, 3.05) is 26.3 Å². The van der Waals surface area contributed by atoms with E-state index in [0.717, 1.165) is 29.9 Å². The lowest BCUT2D eigenvalue weighted by Crippen LogP contribution is -2.47. The van der Waals surface area contributed by atoms with Crippen LogP contribution in [0.15, 0.2) is 30.3 Å². The van der Waals surface area contributed by atoms with Crippen LogP contribution in [0.25, 0.3) is 5.69 Å². The minimum atomic E-state index is -0.448. The molecule has 4 rings (SSSR count). The van der Waals surface area contributed by atoms with E-state index in [-0.39, 0.29) is 5.91 Å². The summed E-state index contributed by atoms with van der Waals surface area (Å²) in [6, 6.07) is 9.68. The highest BCUT2D eigenvalue weighted by atomic mass is 16.7. The van der Waals surface area contributed by atoms with Crippen molar-refractivity contribution >= 4 is 5.91 Å². The van der Waals surface area contributed by atoms with Crippen LogP contribution in [-0.2, 0) is 9.47 Å². The monoisotopic (exact) mass is 341 g/mol. The lowest BCUT2D eigenvalue weighted by molar-refractivity contribution is -0.181. The lowest BCUT2D eigenvalue weighted by Gasteiger charge is -2.37. The van der Waals surface area contributed by atoms with E-state index in [1.165, 1.54) is 0 Å². The first-order valence-corrected chi connectivity index (χ1v) is 8.77. The van der Waals surface area contributed by atoms with Crippen molar-refractivity contribution in [3.8, 4) is 5.69 Å². The summed E-state index contributed by atoms with van der Waals surface area (Å²) in [6.07, 6.45) is 1.48. The van der Waals surface area contributed by atoms with Crippen molar-refractivity contribution in [3.05, 3.63) is 47.3 Å². The van der Waals surface area contributed by atoms with Crippen molar-refractivity contribution < 1.29 is 14.3 Å². The lowest BCUT2D eigenvalue weighted by atomic mass is 10.0. The van der Waals surface area contributed by atoms with Crippen LogP contribution in [0, 0.1) is 13.8 Å². The molecule has 2 aliphatic rings. The van der Waals surface area contributed by atoms with Gasteiger partial charge in [-0.25, -0.2) is 4.68 Å². The maximum absolute atomic E-state index is 12.7. The van der Waals surface area contributed by atoms with E-state index in [1.54, 1.807) is 0 Å². The Labute approximate surface area is 147 Å². The topological polar surface area (TPSA) is 56.6 Å². The fourth-order valence-corrected chi connectivity index (χ4v) is 3.65. The summed E-state index contributed by atoms with van der Waals surface area (Å²) in [5.41, 5.74) is 3.73. The number of carbonyl (C=O) groups is 1. The summed E-state index contributed by atoms with van der Waals surface area (Å²) in [5.74, 6) is -0.386. The first-order chi connectivity index (χ1) is 12.1. The molecule has 0 N–H and O–H groups in total. The maximum Gasteiger partial charge on any atom is 0.253 e. The van der Waals surface area contributed by atoms with Crippen LogP contribution in [-0.4, -0.2) is 52.7 Å². The molecule has 0 unspecified atom stereocenters. The van der Waals surface area contributed by atoms with Crippen LogP contribution in [0.4, 0.5) is 0 Å². The van der Waals surface area contributed by atoms with Crippen molar-refractivity contribution in [1.82, 2.24) is 14.7 Å². The van der Waals surface area contributed by atoms with Gasteiger partial charge < -0.3 is 14.4 Å². The van der Waals surface area contributed by atoms with Crippen LogP contribution in [0.3, 0.4) is 0 Å².